The lowest BCUT2D eigenvalue weighted by molar-refractivity contribution is 0.1000. The molecule has 0 radical (unpaired) electrons. The Morgan fingerprint density at radius 3 is 2.56 bits per heavy atom. The number of aromatic nitrogens is 1. The minimum atomic E-state index is -0.943. The Morgan fingerprint density at radius 1 is 1.22 bits per heavy atom. The van der Waals surface area contributed by atoms with Gasteiger partial charge < -0.3 is 26.5 Å². The fourth-order valence-corrected chi connectivity index (χ4v) is 3.77. The molecule has 0 saturated heterocycles. The number of aryl methyl sites for hydroxylation is 1. The van der Waals surface area contributed by atoms with Crippen molar-refractivity contribution in [2.75, 3.05) is 11.9 Å². The average molecular weight is 370 g/mol. The van der Waals surface area contributed by atoms with Gasteiger partial charge in [0.1, 0.15) is 0 Å². The van der Waals surface area contributed by atoms with Gasteiger partial charge in [0, 0.05) is 35.2 Å². The highest BCUT2D eigenvalue weighted by Gasteiger charge is 2.22. The molecule has 3 rings (SSSR count). The summed E-state index contributed by atoms with van der Waals surface area (Å²) < 4.78 is 0. The summed E-state index contributed by atoms with van der Waals surface area (Å²) in [5.41, 5.74) is 9.54. The van der Waals surface area contributed by atoms with Gasteiger partial charge >= 0.3 is 6.09 Å². The zero-order valence-corrected chi connectivity index (χ0v) is 15.4. The van der Waals surface area contributed by atoms with Gasteiger partial charge in [0.25, 0.3) is 5.91 Å². The predicted molar refractivity (Wildman–Crippen MR) is 105 cm³/mol. The van der Waals surface area contributed by atoms with Crippen LogP contribution in [0.3, 0.4) is 0 Å². The van der Waals surface area contributed by atoms with Crippen LogP contribution in [0.1, 0.15) is 41.7 Å². The molecular formula is C20H26N4O3. The van der Waals surface area contributed by atoms with Crippen LogP contribution < -0.4 is 16.4 Å². The summed E-state index contributed by atoms with van der Waals surface area (Å²) in [7, 11) is 0. The van der Waals surface area contributed by atoms with E-state index in [1.54, 1.807) is 6.07 Å². The van der Waals surface area contributed by atoms with Crippen molar-refractivity contribution < 1.29 is 14.7 Å². The molecule has 1 aromatic heterocycles. The van der Waals surface area contributed by atoms with Gasteiger partial charge in [0.05, 0.1) is 5.56 Å². The standard InChI is InChI=1S/C20H26N4O3/c1-12-16(19(21)25)10-18(23-12)15-4-2-3-5-17(15)22-11-13-6-8-14(9-7-13)24-20(26)27/h2-5,10,13-14,22-24H,6-9,11H2,1H3,(H2,21,25)(H,26,27). The summed E-state index contributed by atoms with van der Waals surface area (Å²) in [6, 6.07) is 9.83. The van der Waals surface area contributed by atoms with E-state index in [1.165, 1.54) is 0 Å². The van der Waals surface area contributed by atoms with Crippen molar-refractivity contribution in [2.45, 2.75) is 38.6 Å². The van der Waals surface area contributed by atoms with Gasteiger partial charge in [0.15, 0.2) is 0 Å². The number of anilines is 1. The molecule has 0 unspecified atom stereocenters. The van der Waals surface area contributed by atoms with Gasteiger partial charge in [-0.25, -0.2) is 4.79 Å². The number of nitrogens with one attached hydrogen (secondary N) is 3. The van der Waals surface area contributed by atoms with Gasteiger partial charge in [-0.05, 0) is 50.7 Å². The van der Waals surface area contributed by atoms with Crippen LogP contribution in [0.2, 0.25) is 0 Å². The lowest BCUT2D eigenvalue weighted by Crippen LogP contribution is -2.37. The Balaban J connectivity index is 1.65. The Kier molecular flexibility index (Phi) is 5.69. The largest absolute Gasteiger partial charge is 0.465 e. The molecular weight excluding hydrogens is 344 g/mol. The number of primary amides is 1. The van der Waals surface area contributed by atoms with Crippen LogP contribution in [0.5, 0.6) is 0 Å². The summed E-state index contributed by atoms with van der Waals surface area (Å²) in [5.74, 6) is 0.0728. The van der Waals surface area contributed by atoms with Crippen LogP contribution in [0.15, 0.2) is 30.3 Å². The van der Waals surface area contributed by atoms with Crippen LogP contribution in [0.4, 0.5) is 10.5 Å². The zero-order valence-electron chi connectivity index (χ0n) is 15.4. The quantitative estimate of drug-likeness (QED) is 0.535. The minimum absolute atomic E-state index is 0.0696. The van der Waals surface area contributed by atoms with Crippen LogP contribution in [0, 0.1) is 12.8 Å². The van der Waals surface area contributed by atoms with Gasteiger partial charge in [-0.1, -0.05) is 18.2 Å². The van der Waals surface area contributed by atoms with E-state index < -0.39 is 12.0 Å². The van der Waals surface area contributed by atoms with Crippen molar-refractivity contribution in [1.82, 2.24) is 10.3 Å². The summed E-state index contributed by atoms with van der Waals surface area (Å²) in [6.45, 7) is 2.67. The van der Waals surface area contributed by atoms with E-state index in [0.29, 0.717) is 11.5 Å². The molecule has 0 atom stereocenters. The van der Waals surface area contributed by atoms with E-state index in [4.69, 9.17) is 10.8 Å². The fourth-order valence-electron chi connectivity index (χ4n) is 3.77. The van der Waals surface area contributed by atoms with Crippen LogP contribution >= 0.6 is 0 Å². The number of H-pyrrole nitrogens is 1. The Morgan fingerprint density at radius 2 is 1.93 bits per heavy atom. The zero-order chi connectivity index (χ0) is 19.4. The number of nitrogens with two attached hydrogens (primary N) is 1. The molecule has 6 N–H and O–H groups in total. The highest BCUT2D eigenvalue weighted by Crippen LogP contribution is 2.30. The van der Waals surface area contributed by atoms with Gasteiger partial charge in [0.2, 0.25) is 0 Å². The first kappa shape index (κ1) is 18.8. The second-order valence-corrected chi connectivity index (χ2v) is 7.18. The highest BCUT2D eigenvalue weighted by atomic mass is 16.4. The van der Waals surface area contributed by atoms with Crippen molar-refractivity contribution in [3.63, 3.8) is 0 Å². The maximum absolute atomic E-state index is 11.5. The van der Waals surface area contributed by atoms with Gasteiger partial charge in [-0.15, -0.1) is 0 Å². The molecule has 7 nitrogen and oxygen atoms in total. The molecule has 0 bridgehead atoms. The lowest BCUT2D eigenvalue weighted by Gasteiger charge is -2.28. The normalized spacial score (nSPS) is 19.4. The Hall–Kier alpha value is -2.96. The SMILES string of the molecule is Cc1[nH]c(-c2ccccc2NCC2CCC(NC(=O)O)CC2)cc1C(N)=O. The minimum Gasteiger partial charge on any atom is -0.465 e. The third-order valence-electron chi connectivity index (χ3n) is 5.25. The first-order valence-electron chi connectivity index (χ1n) is 9.26. The molecule has 2 amide bonds. The first-order valence-corrected chi connectivity index (χ1v) is 9.26. The smallest absolute Gasteiger partial charge is 0.404 e. The van der Waals surface area contributed by atoms with Crippen molar-refractivity contribution in [2.24, 2.45) is 11.7 Å². The number of amides is 2. The van der Waals surface area contributed by atoms with E-state index >= 15 is 0 Å². The van der Waals surface area contributed by atoms with Crippen LogP contribution in [-0.2, 0) is 0 Å². The molecule has 1 heterocycles. The van der Waals surface area contributed by atoms with Crippen molar-refractivity contribution in [1.29, 1.82) is 0 Å². The molecule has 1 fully saturated rings. The summed E-state index contributed by atoms with van der Waals surface area (Å²) in [5, 5.41) is 14.9. The van der Waals surface area contributed by atoms with Gasteiger partial charge in [-0.3, -0.25) is 4.79 Å². The van der Waals surface area contributed by atoms with E-state index in [-0.39, 0.29) is 6.04 Å². The number of rotatable bonds is 6. The second kappa shape index (κ2) is 8.16. The maximum Gasteiger partial charge on any atom is 0.404 e. The highest BCUT2D eigenvalue weighted by molar-refractivity contribution is 5.96. The third-order valence-corrected chi connectivity index (χ3v) is 5.25. The molecule has 1 aromatic carbocycles. The predicted octanol–water partition coefficient (Wildman–Crippen LogP) is 3.33. The summed E-state index contributed by atoms with van der Waals surface area (Å²) in [4.78, 5) is 25.5. The number of para-hydroxylation sites is 1. The third kappa shape index (κ3) is 4.61. The molecule has 27 heavy (non-hydrogen) atoms. The average Bonchev–Trinajstić information content (AvgIpc) is 3.03. The second-order valence-electron chi connectivity index (χ2n) is 7.18. The number of carboxylic acid groups (broad SMARTS) is 1. The molecule has 1 aliphatic carbocycles. The van der Waals surface area contributed by atoms with Crippen LogP contribution in [-0.4, -0.2) is 34.7 Å². The molecule has 144 valence electrons. The molecule has 1 aliphatic rings. The number of hydrogen-bond acceptors (Lipinski definition) is 3. The van der Waals surface area contributed by atoms with Crippen molar-refractivity contribution >= 4 is 17.7 Å². The Bertz CT molecular complexity index is 822. The number of carbonyl (C=O) groups is 2. The van der Waals surface area contributed by atoms with Gasteiger partial charge in [-0.2, -0.15) is 0 Å². The molecule has 2 aromatic rings. The monoisotopic (exact) mass is 370 g/mol. The number of carbonyl (C=O) groups excluding carboxylic acids is 1. The van der Waals surface area contributed by atoms with E-state index in [0.717, 1.165) is 54.9 Å². The van der Waals surface area contributed by atoms with Crippen molar-refractivity contribution in [3.05, 3.63) is 41.6 Å². The molecule has 1 saturated carbocycles. The lowest BCUT2D eigenvalue weighted by atomic mass is 9.86. The molecule has 0 aliphatic heterocycles. The van der Waals surface area contributed by atoms with E-state index in [1.807, 2.05) is 31.2 Å². The topological polar surface area (TPSA) is 120 Å². The maximum atomic E-state index is 11.5. The fraction of sp³-hybridized carbons (Fsp3) is 0.400. The first-order chi connectivity index (χ1) is 12.9. The van der Waals surface area contributed by atoms with E-state index in [2.05, 4.69) is 15.6 Å². The summed E-state index contributed by atoms with van der Waals surface area (Å²) in [6.07, 6.45) is 2.79. The van der Waals surface area contributed by atoms with E-state index in [9.17, 15) is 9.59 Å². The number of hydrogen-bond donors (Lipinski definition) is 5. The molecule has 7 heteroatoms. The van der Waals surface area contributed by atoms with Crippen LogP contribution in [0.25, 0.3) is 11.3 Å². The molecule has 0 spiro atoms. The number of aromatic amines is 1. The summed E-state index contributed by atoms with van der Waals surface area (Å²) >= 11 is 0. The van der Waals surface area contributed by atoms with Crippen molar-refractivity contribution in [3.8, 4) is 11.3 Å². The Labute approximate surface area is 158 Å². The number of benzene rings is 1.